The van der Waals surface area contributed by atoms with Crippen LogP contribution in [0.3, 0.4) is 0 Å². The molecular formula is C19H19N3O. The lowest BCUT2D eigenvalue weighted by Gasteiger charge is -2.25. The minimum atomic E-state index is -0.169. The van der Waals surface area contributed by atoms with Crippen LogP contribution in [0.5, 0.6) is 0 Å². The van der Waals surface area contributed by atoms with Gasteiger partial charge >= 0.3 is 0 Å². The molecule has 1 heterocycles. The number of carbonyl (C=O) groups excluding carboxylic acids is 1. The molecule has 2 aromatic rings. The summed E-state index contributed by atoms with van der Waals surface area (Å²) in [4.78, 5) is 16.4. The Kier molecular flexibility index (Phi) is 4.38. The van der Waals surface area contributed by atoms with Gasteiger partial charge in [-0.15, -0.1) is 0 Å². The second-order valence-electron chi connectivity index (χ2n) is 5.97. The van der Waals surface area contributed by atoms with Gasteiger partial charge in [0.1, 0.15) is 6.07 Å². The highest BCUT2D eigenvalue weighted by Gasteiger charge is 2.20. The summed E-state index contributed by atoms with van der Waals surface area (Å²) in [7, 11) is 0. The maximum Gasteiger partial charge on any atom is 0.252 e. The molecule has 0 spiro atoms. The van der Waals surface area contributed by atoms with Gasteiger partial charge in [0, 0.05) is 18.7 Å². The fourth-order valence-electron chi connectivity index (χ4n) is 3.16. The predicted molar refractivity (Wildman–Crippen MR) is 88.1 cm³/mol. The van der Waals surface area contributed by atoms with E-state index in [9.17, 15) is 4.79 Å². The Morgan fingerprint density at radius 1 is 1.43 bits per heavy atom. The summed E-state index contributed by atoms with van der Waals surface area (Å²) < 4.78 is 0. The molecule has 23 heavy (non-hydrogen) atoms. The van der Waals surface area contributed by atoms with E-state index in [1.54, 1.807) is 13.0 Å². The van der Waals surface area contributed by atoms with Gasteiger partial charge in [-0.25, -0.2) is 0 Å². The third kappa shape index (κ3) is 3.24. The number of amides is 1. The molecule has 1 aromatic heterocycles. The Morgan fingerprint density at radius 3 is 3.09 bits per heavy atom. The van der Waals surface area contributed by atoms with E-state index >= 15 is 0 Å². The number of fused-ring (bicyclic) bond motifs is 1. The summed E-state index contributed by atoms with van der Waals surface area (Å²) in [5.41, 5.74) is 4.27. The second-order valence-corrected chi connectivity index (χ2v) is 5.97. The molecule has 1 aliphatic carbocycles. The van der Waals surface area contributed by atoms with Gasteiger partial charge in [-0.2, -0.15) is 5.26 Å². The van der Waals surface area contributed by atoms with Gasteiger partial charge in [0.05, 0.1) is 16.8 Å². The third-order valence-corrected chi connectivity index (χ3v) is 4.47. The van der Waals surface area contributed by atoms with Gasteiger partial charge in [0.2, 0.25) is 0 Å². The number of hydrogen-bond acceptors (Lipinski definition) is 3. The van der Waals surface area contributed by atoms with Crippen molar-refractivity contribution in [2.45, 2.75) is 32.1 Å². The van der Waals surface area contributed by atoms with E-state index in [2.05, 4.69) is 40.6 Å². The van der Waals surface area contributed by atoms with E-state index in [0.717, 1.165) is 19.3 Å². The van der Waals surface area contributed by atoms with E-state index < -0.39 is 0 Å². The second kappa shape index (κ2) is 6.62. The highest BCUT2D eigenvalue weighted by atomic mass is 16.1. The van der Waals surface area contributed by atoms with Crippen molar-refractivity contribution in [3.63, 3.8) is 0 Å². The maximum absolute atomic E-state index is 12.3. The summed E-state index contributed by atoms with van der Waals surface area (Å²) in [5, 5.41) is 12.0. The Hall–Kier alpha value is -2.67. The van der Waals surface area contributed by atoms with Crippen molar-refractivity contribution in [2.24, 2.45) is 0 Å². The number of rotatable bonds is 3. The van der Waals surface area contributed by atoms with Crippen LogP contribution in [0.4, 0.5) is 0 Å². The van der Waals surface area contributed by atoms with Crippen molar-refractivity contribution in [3.05, 3.63) is 64.5 Å². The molecule has 1 aliphatic rings. The summed E-state index contributed by atoms with van der Waals surface area (Å²) >= 11 is 0. The van der Waals surface area contributed by atoms with Gasteiger partial charge in [-0.3, -0.25) is 9.78 Å². The van der Waals surface area contributed by atoms with Crippen molar-refractivity contribution < 1.29 is 4.79 Å². The molecule has 1 N–H and O–H groups in total. The van der Waals surface area contributed by atoms with Gasteiger partial charge < -0.3 is 5.32 Å². The number of nitrogens with zero attached hydrogens (tertiary/aromatic N) is 2. The molecule has 4 heteroatoms. The topological polar surface area (TPSA) is 65.8 Å². The van der Waals surface area contributed by atoms with Crippen LogP contribution in [-0.2, 0) is 6.42 Å². The molecule has 0 bridgehead atoms. The van der Waals surface area contributed by atoms with Crippen LogP contribution in [0.1, 0.15) is 51.5 Å². The van der Waals surface area contributed by atoms with Crippen molar-refractivity contribution >= 4 is 5.91 Å². The summed E-state index contributed by atoms with van der Waals surface area (Å²) in [5.74, 6) is 0.190. The number of aromatic nitrogens is 1. The Morgan fingerprint density at radius 2 is 2.26 bits per heavy atom. The van der Waals surface area contributed by atoms with E-state index in [-0.39, 0.29) is 5.91 Å². The normalized spacial score (nSPS) is 16.3. The zero-order chi connectivity index (χ0) is 16.2. The van der Waals surface area contributed by atoms with Gasteiger partial charge in [0.15, 0.2) is 0 Å². The fraction of sp³-hybridized carbons (Fsp3) is 0.316. The largest absolute Gasteiger partial charge is 0.351 e. The first kappa shape index (κ1) is 15.2. The van der Waals surface area contributed by atoms with Gasteiger partial charge in [-0.05, 0) is 43.4 Å². The molecule has 0 radical (unpaired) electrons. The number of nitriles is 1. The lowest BCUT2D eigenvalue weighted by atomic mass is 9.83. The van der Waals surface area contributed by atoms with E-state index in [0.29, 0.717) is 29.3 Å². The van der Waals surface area contributed by atoms with Crippen LogP contribution >= 0.6 is 0 Å². The Balaban J connectivity index is 1.70. The summed E-state index contributed by atoms with van der Waals surface area (Å²) in [6.45, 7) is 2.38. The number of pyridine rings is 1. The molecule has 116 valence electrons. The lowest BCUT2D eigenvalue weighted by Crippen LogP contribution is -2.30. The molecule has 1 unspecified atom stereocenters. The van der Waals surface area contributed by atoms with Crippen LogP contribution in [0.2, 0.25) is 0 Å². The summed E-state index contributed by atoms with van der Waals surface area (Å²) in [6.07, 6.45) is 4.89. The number of carbonyl (C=O) groups is 1. The van der Waals surface area contributed by atoms with Crippen LogP contribution in [0.25, 0.3) is 0 Å². The van der Waals surface area contributed by atoms with Crippen molar-refractivity contribution in [1.82, 2.24) is 10.3 Å². The molecule has 0 fully saturated rings. The van der Waals surface area contributed by atoms with Crippen molar-refractivity contribution in [2.75, 3.05) is 6.54 Å². The number of benzene rings is 1. The lowest BCUT2D eigenvalue weighted by molar-refractivity contribution is 0.0950. The van der Waals surface area contributed by atoms with E-state index in [1.807, 2.05) is 0 Å². The van der Waals surface area contributed by atoms with Gasteiger partial charge in [0.25, 0.3) is 5.91 Å². The average Bonchev–Trinajstić information content (AvgIpc) is 2.60. The number of aryl methyl sites for hydroxylation is 2. The van der Waals surface area contributed by atoms with E-state index in [1.165, 1.54) is 17.3 Å². The first-order chi connectivity index (χ1) is 11.2. The van der Waals surface area contributed by atoms with Crippen molar-refractivity contribution in [3.8, 4) is 6.07 Å². The third-order valence-electron chi connectivity index (χ3n) is 4.47. The molecule has 1 atom stereocenters. The molecule has 1 amide bonds. The smallest absolute Gasteiger partial charge is 0.252 e. The zero-order valence-corrected chi connectivity index (χ0v) is 13.2. The monoisotopic (exact) mass is 305 g/mol. The van der Waals surface area contributed by atoms with E-state index in [4.69, 9.17) is 5.26 Å². The Bertz CT molecular complexity index is 776. The summed E-state index contributed by atoms with van der Waals surface area (Å²) in [6, 6.07) is 12.1. The molecular weight excluding hydrogens is 286 g/mol. The Labute approximate surface area is 136 Å². The molecule has 4 nitrogen and oxygen atoms in total. The van der Waals surface area contributed by atoms with Crippen molar-refractivity contribution in [1.29, 1.82) is 5.26 Å². The SMILES string of the molecule is Cc1ncc(C(=O)NCC2CCCc3ccccc32)cc1C#N. The number of nitrogens with one attached hydrogen (secondary N) is 1. The van der Waals surface area contributed by atoms with Crippen LogP contribution in [-0.4, -0.2) is 17.4 Å². The quantitative estimate of drug-likeness (QED) is 0.947. The zero-order valence-electron chi connectivity index (χ0n) is 13.2. The fourth-order valence-corrected chi connectivity index (χ4v) is 3.16. The minimum absolute atomic E-state index is 0.169. The molecule has 0 saturated carbocycles. The minimum Gasteiger partial charge on any atom is -0.351 e. The maximum atomic E-state index is 12.3. The molecule has 1 aromatic carbocycles. The molecule has 3 rings (SSSR count). The van der Waals surface area contributed by atoms with Crippen LogP contribution in [0.15, 0.2) is 36.5 Å². The predicted octanol–water partition coefficient (Wildman–Crippen LogP) is 3.11. The van der Waals surface area contributed by atoms with Crippen LogP contribution < -0.4 is 5.32 Å². The van der Waals surface area contributed by atoms with Gasteiger partial charge in [-0.1, -0.05) is 24.3 Å². The van der Waals surface area contributed by atoms with Crippen LogP contribution in [0, 0.1) is 18.3 Å². The first-order valence-electron chi connectivity index (χ1n) is 7.92. The average molecular weight is 305 g/mol. The standard InChI is InChI=1S/C19H19N3O/c1-13-16(10-20)9-17(12-21-13)19(23)22-11-15-7-4-6-14-5-2-3-8-18(14)15/h2-3,5,8-9,12,15H,4,6-7,11H2,1H3,(H,22,23). The highest BCUT2D eigenvalue weighted by Crippen LogP contribution is 2.30. The molecule has 0 aliphatic heterocycles. The number of hydrogen-bond donors (Lipinski definition) is 1. The molecule has 0 saturated heterocycles. The highest BCUT2D eigenvalue weighted by molar-refractivity contribution is 5.94. The first-order valence-corrected chi connectivity index (χ1v) is 7.92.